The number of hydrogen-bond acceptors (Lipinski definition) is 16. The molecule has 2 atom stereocenters. The summed E-state index contributed by atoms with van der Waals surface area (Å²) in [4.78, 5) is 76.1. The van der Waals surface area contributed by atoms with Crippen LogP contribution in [-0.4, -0.2) is 84.9 Å². The highest BCUT2D eigenvalue weighted by molar-refractivity contribution is 8.01. The first-order valence-corrected chi connectivity index (χ1v) is 16.6. The maximum Gasteiger partial charge on any atom is 0.352 e. The van der Waals surface area contributed by atoms with E-state index in [9.17, 15) is 29.1 Å². The molecule has 0 radical (unpaired) electrons. The van der Waals surface area contributed by atoms with E-state index in [1.54, 1.807) is 13.0 Å². The van der Waals surface area contributed by atoms with Crippen LogP contribution < -0.4 is 20.5 Å². The number of carbonyl (C=O) groups excluding carboxylic acids is 4. The predicted octanol–water partition coefficient (Wildman–Crippen LogP) is 2.50. The zero-order valence-electron chi connectivity index (χ0n) is 24.9. The number of hydrogen-bond donors (Lipinski definition) is 3. The number of nitrogens with one attached hydrogen (secondary N) is 1. The molecule has 4 heterocycles. The van der Waals surface area contributed by atoms with Gasteiger partial charge in [0.15, 0.2) is 28.1 Å². The van der Waals surface area contributed by atoms with Crippen LogP contribution in [-0.2, 0) is 28.8 Å². The van der Waals surface area contributed by atoms with Crippen molar-refractivity contribution in [2.24, 2.45) is 5.16 Å². The molecule has 2 aromatic heterocycles. The Morgan fingerprint density at radius 2 is 1.96 bits per heavy atom. The lowest BCUT2D eigenvalue weighted by Crippen LogP contribution is -2.71. The minimum atomic E-state index is -1.29. The van der Waals surface area contributed by atoms with Gasteiger partial charge in [-0.05, 0) is 30.7 Å². The number of rotatable bonds is 12. The standard InChI is InChI=1S/C28H26N6O10S3/c1-4-41-33-20(16-11-46-27(29)31-16)23(37)32-21-24(38)34-22(26(39)40)15(9-45-25(21)34)10-47-28-30-8-19(44-28)14-5-6-17(42-12(2)35)18(7-14)43-13(3)36/h5-8,11,21,25H,4,9-10H2,1-3H3,(H2,29,31)(H,32,37)(H,39,40)/b33-20+/t21-,25-/m1/s1. The molecule has 2 aliphatic rings. The number of oxazole rings is 1. The van der Waals surface area contributed by atoms with Crippen molar-refractivity contribution in [2.45, 2.75) is 37.4 Å². The van der Waals surface area contributed by atoms with Crippen molar-refractivity contribution >= 4 is 75.4 Å². The first-order chi connectivity index (χ1) is 22.5. The molecule has 0 saturated carbocycles. The van der Waals surface area contributed by atoms with Crippen LogP contribution in [0.1, 0.15) is 26.5 Å². The number of esters is 2. The third kappa shape index (κ3) is 7.42. The average molecular weight is 703 g/mol. The minimum absolute atomic E-state index is 0.0141. The lowest BCUT2D eigenvalue weighted by Gasteiger charge is -2.49. The molecule has 2 amide bonds. The van der Waals surface area contributed by atoms with Crippen LogP contribution in [0.15, 0.2) is 55.8 Å². The van der Waals surface area contributed by atoms with E-state index in [0.717, 1.165) is 28.0 Å². The molecule has 16 nitrogen and oxygen atoms in total. The van der Waals surface area contributed by atoms with Gasteiger partial charge in [-0.25, -0.2) is 14.8 Å². The molecular weight excluding hydrogens is 677 g/mol. The predicted molar refractivity (Wildman–Crippen MR) is 170 cm³/mol. The molecule has 1 fully saturated rings. The van der Waals surface area contributed by atoms with Crippen molar-refractivity contribution in [3.8, 4) is 22.8 Å². The van der Waals surface area contributed by atoms with Gasteiger partial charge in [-0.1, -0.05) is 16.9 Å². The Labute approximate surface area is 278 Å². The minimum Gasteiger partial charge on any atom is -0.477 e. The third-order valence-electron chi connectivity index (χ3n) is 6.39. The van der Waals surface area contributed by atoms with Crippen molar-refractivity contribution < 1.29 is 47.8 Å². The molecule has 1 aromatic carbocycles. The van der Waals surface area contributed by atoms with Gasteiger partial charge in [0, 0.05) is 36.3 Å². The molecule has 246 valence electrons. The summed E-state index contributed by atoms with van der Waals surface area (Å²) in [6, 6.07) is 3.49. The van der Waals surface area contributed by atoms with Gasteiger partial charge >= 0.3 is 17.9 Å². The molecule has 1 saturated heterocycles. The number of amides is 2. The zero-order chi connectivity index (χ0) is 33.8. The van der Waals surface area contributed by atoms with Gasteiger partial charge in [0.05, 0.1) is 6.20 Å². The number of β-lactam (4-membered cyclic amide) rings is 1. The van der Waals surface area contributed by atoms with Crippen LogP contribution in [0.3, 0.4) is 0 Å². The summed E-state index contributed by atoms with van der Waals surface area (Å²) in [6.45, 7) is 4.30. The normalized spacial score (nSPS) is 17.5. The second kappa shape index (κ2) is 14.3. The lowest BCUT2D eigenvalue weighted by molar-refractivity contribution is -0.150. The van der Waals surface area contributed by atoms with Crippen LogP contribution >= 0.6 is 34.9 Å². The number of fused-ring (bicyclic) bond motifs is 1. The maximum atomic E-state index is 13.2. The van der Waals surface area contributed by atoms with Crippen molar-refractivity contribution in [3.05, 3.63) is 46.7 Å². The summed E-state index contributed by atoms with van der Waals surface area (Å²) in [5, 5.41) is 17.8. The fourth-order valence-corrected chi connectivity index (χ4v) is 7.31. The molecular formula is C28H26N6O10S3. The van der Waals surface area contributed by atoms with Crippen LogP contribution in [0.2, 0.25) is 0 Å². The SMILES string of the molecule is CCO/N=C(/C(=O)N[C@@H]1C(=O)N2C(C(=O)O)=C(CSc3ncc(-c4ccc(OC(C)=O)c(OC(C)=O)c4)o3)CS[C@H]12)c1csc(N)n1. The first kappa shape index (κ1) is 33.5. The van der Waals surface area contributed by atoms with Gasteiger partial charge < -0.3 is 34.9 Å². The molecule has 2 aliphatic heterocycles. The van der Waals surface area contributed by atoms with E-state index in [1.807, 2.05) is 0 Å². The third-order valence-corrected chi connectivity index (χ3v) is 9.33. The number of carboxylic acids is 1. The fourth-order valence-electron chi connectivity index (χ4n) is 4.48. The van der Waals surface area contributed by atoms with Crippen LogP contribution in [0.4, 0.5) is 5.13 Å². The lowest BCUT2D eigenvalue weighted by atomic mass is 10.0. The molecule has 0 bridgehead atoms. The Morgan fingerprint density at radius 3 is 2.62 bits per heavy atom. The van der Waals surface area contributed by atoms with Gasteiger partial charge in [-0.3, -0.25) is 24.1 Å². The van der Waals surface area contributed by atoms with E-state index in [4.69, 9.17) is 24.5 Å². The zero-order valence-corrected chi connectivity index (χ0v) is 27.3. The van der Waals surface area contributed by atoms with Gasteiger partial charge in [0.2, 0.25) is 0 Å². The topological polar surface area (TPSA) is 226 Å². The smallest absolute Gasteiger partial charge is 0.352 e. The molecule has 0 spiro atoms. The maximum absolute atomic E-state index is 13.2. The number of carboxylic acid groups (broad SMARTS) is 1. The molecule has 19 heteroatoms. The number of oxime groups is 1. The highest BCUT2D eigenvalue weighted by Gasteiger charge is 2.54. The molecule has 0 aliphatic carbocycles. The van der Waals surface area contributed by atoms with Crippen LogP contribution in [0, 0.1) is 0 Å². The highest BCUT2D eigenvalue weighted by Crippen LogP contribution is 2.42. The van der Waals surface area contributed by atoms with E-state index in [-0.39, 0.29) is 57.1 Å². The van der Waals surface area contributed by atoms with Gasteiger partial charge in [0.1, 0.15) is 29.4 Å². The molecule has 0 unspecified atom stereocenters. The Balaban J connectivity index is 1.28. The van der Waals surface area contributed by atoms with Gasteiger partial charge in [0.25, 0.3) is 17.0 Å². The molecule has 4 N–H and O–H groups in total. The Kier molecular flexibility index (Phi) is 10.2. The summed E-state index contributed by atoms with van der Waals surface area (Å²) in [5.74, 6) is -3.03. The van der Waals surface area contributed by atoms with E-state index in [1.165, 1.54) is 49.3 Å². The van der Waals surface area contributed by atoms with Crippen molar-refractivity contribution in [1.82, 2.24) is 20.2 Å². The average Bonchev–Trinajstić information content (AvgIpc) is 3.68. The second-order valence-corrected chi connectivity index (χ2v) is 12.6. The number of nitrogen functional groups attached to an aromatic ring is 1. The molecule has 47 heavy (non-hydrogen) atoms. The Bertz CT molecular complexity index is 1820. The number of thioether (sulfide) groups is 2. The number of nitrogens with zero attached hydrogens (tertiary/aromatic N) is 4. The van der Waals surface area contributed by atoms with Crippen LogP contribution in [0.5, 0.6) is 11.5 Å². The van der Waals surface area contributed by atoms with E-state index >= 15 is 0 Å². The van der Waals surface area contributed by atoms with Gasteiger partial charge in [-0.15, -0.1) is 23.1 Å². The van der Waals surface area contributed by atoms with Crippen molar-refractivity contribution in [3.63, 3.8) is 0 Å². The monoisotopic (exact) mass is 702 g/mol. The second-order valence-electron chi connectivity index (χ2n) is 9.67. The fraction of sp³-hybridized carbons (Fsp3) is 0.286. The van der Waals surface area contributed by atoms with E-state index < -0.39 is 41.1 Å². The van der Waals surface area contributed by atoms with Crippen molar-refractivity contribution in [1.29, 1.82) is 0 Å². The number of aliphatic carboxylic acids is 1. The highest BCUT2D eigenvalue weighted by atomic mass is 32.2. The number of anilines is 1. The van der Waals surface area contributed by atoms with Crippen molar-refractivity contribution in [2.75, 3.05) is 23.8 Å². The van der Waals surface area contributed by atoms with Crippen LogP contribution in [0.25, 0.3) is 11.3 Å². The summed E-state index contributed by atoms with van der Waals surface area (Å²) in [7, 11) is 0. The van der Waals surface area contributed by atoms with E-state index in [2.05, 4.69) is 20.4 Å². The molecule has 5 rings (SSSR count). The summed E-state index contributed by atoms with van der Waals surface area (Å²) in [6.07, 6.45) is 1.44. The quantitative estimate of drug-likeness (QED) is 0.0615. The summed E-state index contributed by atoms with van der Waals surface area (Å²) in [5.41, 5.74) is 6.48. The number of nitrogens with two attached hydrogens (primary N) is 1. The largest absolute Gasteiger partial charge is 0.477 e. The number of benzene rings is 1. The van der Waals surface area contributed by atoms with Gasteiger partial charge in [-0.2, -0.15) is 0 Å². The molecule has 3 aromatic rings. The summed E-state index contributed by atoms with van der Waals surface area (Å²) >= 11 is 3.53. The van der Waals surface area contributed by atoms with E-state index in [0.29, 0.717) is 16.9 Å². The Morgan fingerprint density at radius 1 is 1.21 bits per heavy atom. The number of aromatic nitrogens is 2. The summed E-state index contributed by atoms with van der Waals surface area (Å²) < 4.78 is 16.1. The first-order valence-electron chi connectivity index (χ1n) is 13.7. The number of carbonyl (C=O) groups is 5. The number of ether oxygens (including phenoxy) is 2. The Hall–Kier alpha value is -4.88. The number of thiazole rings is 1.